The van der Waals surface area contributed by atoms with E-state index in [2.05, 4.69) is 10.1 Å². The number of fused-ring (bicyclic) bond motifs is 1. The lowest BCUT2D eigenvalue weighted by atomic mass is 10.0. The molecule has 0 bridgehead atoms. The molecule has 6 heteroatoms. The molecule has 1 aromatic carbocycles. The van der Waals surface area contributed by atoms with Gasteiger partial charge in [0, 0.05) is 37.5 Å². The summed E-state index contributed by atoms with van der Waals surface area (Å²) in [5, 5.41) is 4.36. The van der Waals surface area contributed by atoms with E-state index in [0.29, 0.717) is 12.1 Å². The van der Waals surface area contributed by atoms with Gasteiger partial charge in [0.05, 0.1) is 6.10 Å². The average molecular weight is 350 g/mol. The van der Waals surface area contributed by atoms with Crippen LogP contribution >= 0.6 is 0 Å². The molecule has 1 amide bonds. The predicted molar refractivity (Wildman–Crippen MR) is 99.1 cm³/mol. The molecule has 0 spiro atoms. The second-order valence-corrected chi connectivity index (χ2v) is 6.71. The van der Waals surface area contributed by atoms with E-state index in [4.69, 9.17) is 4.74 Å². The summed E-state index contributed by atoms with van der Waals surface area (Å²) in [4.78, 5) is 19.1. The lowest BCUT2D eigenvalue weighted by molar-refractivity contribution is 0.0269. The van der Waals surface area contributed by atoms with Crippen LogP contribution < -0.4 is 0 Å². The minimum Gasteiger partial charge on any atom is -0.380 e. The number of aromatic nitrogens is 3. The molecule has 0 radical (unpaired) electrons. The molecular weight excluding hydrogens is 328 g/mol. The van der Waals surface area contributed by atoms with Gasteiger partial charge in [0.25, 0.3) is 5.91 Å². The third kappa shape index (κ3) is 3.20. The molecule has 1 saturated heterocycles. The van der Waals surface area contributed by atoms with E-state index in [1.807, 2.05) is 54.4 Å². The first-order chi connectivity index (χ1) is 12.6. The van der Waals surface area contributed by atoms with Crippen LogP contribution in [0.4, 0.5) is 0 Å². The highest BCUT2D eigenvalue weighted by Crippen LogP contribution is 2.23. The molecule has 0 saturated carbocycles. The van der Waals surface area contributed by atoms with Gasteiger partial charge >= 0.3 is 0 Å². The molecule has 0 N–H and O–H groups in total. The Kier molecular flexibility index (Phi) is 4.42. The molecule has 134 valence electrons. The first-order valence-electron chi connectivity index (χ1n) is 8.89. The van der Waals surface area contributed by atoms with Crippen LogP contribution in [-0.2, 0) is 4.74 Å². The van der Waals surface area contributed by atoms with Crippen molar-refractivity contribution in [2.45, 2.75) is 25.9 Å². The number of piperidine rings is 1. The molecule has 4 rings (SSSR count). The summed E-state index contributed by atoms with van der Waals surface area (Å²) in [6.45, 7) is 3.31. The normalized spacial score (nSPS) is 17.6. The van der Waals surface area contributed by atoms with Gasteiger partial charge in [-0.15, -0.1) is 0 Å². The maximum absolute atomic E-state index is 12.9. The highest BCUT2D eigenvalue weighted by atomic mass is 16.5. The Morgan fingerprint density at radius 2 is 2.12 bits per heavy atom. The Morgan fingerprint density at radius 3 is 2.96 bits per heavy atom. The van der Waals surface area contributed by atoms with Crippen molar-refractivity contribution >= 4 is 11.6 Å². The Hall–Kier alpha value is -2.73. The fourth-order valence-electron chi connectivity index (χ4n) is 3.49. The monoisotopic (exact) mass is 350 g/mol. The first kappa shape index (κ1) is 16.7. The number of benzene rings is 1. The van der Waals surface area contributed by atoms with Gasteiger partial charge in [-0.3, -0.25) is 4.79 Å². The third-order valence-corrected chi connectivity index (χ3v) is 4.88. The molecule has 3 aromatic rings. The van der Waals surface area contributed by atoms with Gasteiger partial charge in [0.2, 0.25) is 0 Å². The second kappa shape index (κ2) is 6.88. The first-order valence-corrected chi connectivity index (χ1v) is 8.89. The van der Waals surface area contributed by atoms with Gasteiger partial charge in [0.15, 0.2) is 5.65 Å². The number of hydrogen-bond acceptors (Lipinski definition) is 4. The fraction of sp³-hybridized carbons (Fsp3) is 0.350. The topological polar surface area (TPSA) is 59.7 Å². The number of methoxy groups -OCH3 is 1. The zero-order chi connectivity index (χ0) is 18.1. The summed E-state index contributed by atoms with van der Waals surface area (Å²) in [7, 11) is 1.71. The summed E-state index contributed by atoms with van der Waals surface area (Å²) in [6.07, 6.45) is 4.07. The number of nitrogens with zero attached hydrogens (tertiary/aromatic N) is 4. The van der Waals surface area contributed by atoms with Crippen molar-refractivity contribution in [3.05, 3.63) is 54.0 Å². The van der Waals surface area contributed by atoms with Gasteiger partial charge in [-0.2, -0.15) is 5.10 Å². The maximum Gasteiger partial charge on any atom is 0.253 e. The summed E-state index contributed by atoms with van der Waals surface area (Å²) in [5.74, 6) is 0.801. The van der Waals surface area contributed by atoms with Gasteiger partial charge in [-0.1, -0.05) is 12.1 Å². The minimum atomic E-state index is 0.0614. The van der Waals surface area contributed by atoms with E-state index in [1.165, 1.54) is 0 Å². The SMILES string of the molecule is CO[C@H]1CCCN(C(=O)c2cccc(-c3ccc4nc(C)nn4c3)c2)C1. The maximum atomic E-state index is 12.9. The molecule has 26 heavy (non-hydrogen) atoms. The van der Waals surface area contributed by atoms with Crippen molar-refractivity contribution in [2.75, 3.05) is 20.2 Å². The predicted octanol–water partition coefficient (Wildman–Crippen LogP) is 2.96. The van der Waals surface area contributed by atoms with Crippen molar-refractivity contribution in [1.82, 2.24) is 19.5 Å². The van der Waals surface area contributed by atoms with E-state index in [9.17, 15) is 4.79 Å². The Morgan fingerprint density at radius 1 is 1.23 bits per heavy atom. The van der Waals surface area contributed by atoms with E-state index in [0.717, 1.165) is 42.0 Å². The molecule has 1 fully saturated rings. The quantitative estimate of drug-likeness (QED) is 0.729. The van der Waals surface area contributed by atoms with Crippen LogP contribution in [0.3, 0.4) is 0 Å². The number of amides is 1. The molecule has 0 unspecified atom stereocenters. The lowest BCUT2D eigenvalue weighted by Gasteiger charge is -2.32. The molecule has 1 aliphatic heterocycles. The van der Waals surface area contributed by atoms with Crippen molar-refractivity contribution in [2.24, 2.45) is 0 Å². The molecule has 0 aliphatic carbocycles. The largest absolute Gasteiger partial charge is 0.380 e. The van der Waals surface area contributed by atoms with E-state index in [1.54, 1.807) is 11.6 Å². The van der Waals surface area contributed by atoms with Crippen LogP contribution in [0.2, 0.25) is 0 Å². The Bertz CT molecular complexity index is 950. The van der Waals surface area contributed by atoms with Crippen LogP contribution in [0.1, 0.15) is 29.0 Å². The van der Waals surface area contributed by atoms with E-state index < -0.39 is 0 Å². The van der Waals surface area contributed by atoms with Gasteiger partial charge < -0.3 is 9.64 Å². The second-order valence-electron chi connectivity index (χ2n) is 6.71. The number of pyridine rings is 1. The van der Waals surface area contributed by atoms with Gasteiger partial charge in [-0.05, 0) is 49.6 Å². The summed E-state index contributed by atoms with van der Waals surface area (Å²) >= 11 is 0. The zero-order valence-corrected chi connectivity index (χ0v) is 15.1. The number of aryl methyl sites for hydroxylation is 1. The molecular formula is C20H22N4O2. The van der Waals surface area contributed by atoms with Crippen molar-refractivity contribution in [3.63, 3.8) is 0 Å². The zero-order valence-electron chi connectivity index (χ0n) is 15.1. The standard InChI is InChI=1S/C20H22N4O2/c1-14-21-19-9-8-17(12-24(19)22-14)15-5-3-6-16(11-15)20(25)23-10-4-7-18(13-23)26-2/h3,5-6,8-9,11-12,18H,4,7,10,13H2,1-2H3/t18-/m0/s1. The number of carbonyl (C=O) groups is 1. The van der Waals surface area contributed by atoms with E-state index >= 15 is 0 Å². The highest BCUT2D eigenvalue weighted by Gasteiger charge is 2.24. The number of likely N-dealkylation sites (tertiary alicyclic amines) is 1. The Balaban J connectivity index is 1.62. The molecule has 1 aliphatic rings. The summed E-state index contributed by atoms with van der Waals surface area (Å²) < 4.78 is 7.20. The number of carbonyl (C=O) groups excluding carboxylic acids is 1. The number of rotatable bonds is 3. The van der Waals surface area contributed by atoms with Crippen LogP contribution in [0.25, 0.3) is 16.8 Å². The van der Waals surface area contributed by atoms with Crippen molar-refractivity contribution < 1.29 is 9.53 Å². The molecule has 3 heterocycles. The highest BCUT2D eigenvalue weighted by molar-refractivity contribution is 5.95. The summed E-state index contributed by atoms with van der Waals surface area (Å²) in [6, 6.07) is 11.7. The summed E-state index contributed by atoms with van der Waals surface area (Å²) in [5.41, 5.74) is 3.52. The third-order valence-electron chi connectivity index (χ3n) is 4.88. The smallest absolute Gasteiger partial charge is 0.253 e. The van der Waals surface area contributed by atoms with Crippen molar-refractivity contribution in [3.8, 4) is 11.1 Å². The van der Waals surface area contributed by atoms with Crippen LogP contribution in [0, 0.1) is 6.92 Å². The number of ether oxygens (including phenoxy) is 1. The molecule has 6 nitrogen and oxygen atoms in total. The minimum absolute atomic E-state index is 0.0614. The lowest BCUT2D eigenvalue weighted by Crippen LogP contribution is -2.42. The fourth-order valence-corrected chi connectivity index (χ4v) is 3.49. The van der Waals surface area contributed by atoms with Crippen LogP contribution in [0.15, 0.2) is 42.6 Å². The van der Waals surface area contributed by atoms with Crippen LogP contribution in [-0.4, -0.2) is 51.7 Å². The van der Waals surface area contributed by atoms with Crippen molar-refractivity contribution in [1.29, 1.82) is 0 Å². The van der Waals surface area contributed by atoms with Gasteiger partial charge in [-0.25, -0.2) is 9.50 Å². The Labute approximate surface area is 152 Å². The molecule has 1 atom stereocenters. The van der Waals surface area contributed by atoms with Gasteiger partial charge in [0.1, 0.15) is 5.82 Å². The van der Waals surface area contributed by atoms with Crippen LogP contribution in [0.5, 0.6) is 0 Å². The average Bonchev–Trinajstić information content (AvgIpc) is 3.06. The molecule has 2 aromatic heterocycles. The number of hydrogen-bond donors (Lipinski definition) is 0. The van der Waals surface area contributed by atoms with E-state index in [-0.39, 0.29) is 12.0 Å².